The van der Waals surface area contributed by atoms with Crippen molar-refractivity contribution in [1.82, 2.24) is 4.90 Å². The number of aliphatic carboxylic acids is 1. The molecule has 0 saturated carbocycles. The summed E-state index contributed by atoms with van der Waals surface area (Å²) in [5, 5.41) is 18.9. The molecule has 0 spiro atoms. The van der Waals surface area contributed by atoms with Crippen molar-refractivity contribution in [3.05, 3.63) is 64.3 Å². The van der Waals surface area contributed by atoms with Crippen molar-refractivity contribution >= 4 is 35.4 Å². The molecular formula is C30H29NO8. The molecule has 1 heterocycles. The summed E-state index contributed by atoms with van der Waals surface area (Å²) in [6.07, 6.45) is 7.44. The van der Waals surface area contributed by atoms with Crippen LogP contribution < -0.4 is 4.74 Å². The van der Waals surface area contributed by atoms with Crippen molar-refractivity contribution in [3.8, 4) is 11.5 Å². The van der Waals surface area contributed by atoms with Gasteiger partial charge in [-0.3, -0.25) is 28.9 Å². The first-order valence-electron chi connectivity index (χ1n) is 12.9. The molecule has 39 heavy (non-hydrogen) atoms. The van der Waals surface area contributed by atoms with E-state index < -0.39 is 29.6 Å². The van der Waals surface area contributed by atoms with Crippen LogP contribution in [0.2, 0.25) is 0 Å². The van der Waals surface area contributed by atoms with Crippen molar-refractivity contribution in [3.63, 3.8) is 0 Å². The minimum absolute atomic E-state index is 0.00982. The second kappa shape index (κ2) is 10.1. The van der Waals surface area contributed by atoms with Gasteiger partial charge in [0.05, 0.1) is 18.9 Å². The van der Waals surface area contributed by atoms with Gasteiger partial charge in [-0.05, 0) is 55.9 Å². The number of nitrogens with zero attached hydrogens (tertiary/aromatic N) is 1. The van der Waals surface area contributed by atoms with Crippen LogP contribution in [0.25, 0.3) is 6.08 Å². The SMILES string of the molecule is COc1cc(C=C[C@H]2C3=CC[C@@H]4C(=O)N(CCCC(=O)O)C(=O)[C@@H]4[C@@H]3CC3=C2C(=O)C=C(C)C3=O)ccc1O. The number of phenolic OH excluding ortho intramolecular Hbond substituents is 1. The number of carboxylic acid groups (broad SMARTS) is 1. The zero-order valence-electron chi connectivity index (χ0n) is 21.7. The number of carbonyl (C=O) groups is 5. The average molecular weight is 532 g/mol. The Labute approximate surface area is 225 Å². The number of fused-ring (bicyclic) bond motifs is 3. The summed E-state index contributed by atoms with van der Waals surface area (Å²) in [5.41, 5.74) is 2.66. The van der Waals surface area contributed by atoms with Crippen molar-refractivity contribution < 1.29 is 38.9 Å². The van der Waals surface area contributed by atoms with Crippen LogP contribution in [-0.4, -0.2) is 58.1 Å². The van der Waals surface area contributed by atoms with Gasteiger partial charge in [-0.1, -0.05) is 29.9 Å². The first-order chi connectivity index (χ1) is 18.6. The highest BCUT2D eigenvalue weighted by molar-refractivity contribution is 6.23. The second-order valence-electron chi connectivity index (χ2n) is 10.4. The Balaban J connectivity index is 1.53. The molecule has 1 aromatic carbocycles. The number of aromatic hydroxyl groups is 1. The number of phenols is 1. The average Bonchev–Trinajstić information content (AvgIpc) is 3.15. The zero-order chi connectivity index (χ0) is 28.0. The predicted molar refractivity (Wildman–Crippen MR) is 139 cm³/mol. The van der Waals surface area contributed by atoms with Crippen LogP contribution in [0.1, 0.15) is 38.2 Å². The predicted octanol–water partition coefficient (Wildman–Crippen LogP) is 3.24. The van der Waals surface area contributed by atoms with Crippen molar-refractivity contribution in [2.75, 3.05) is 13.7 Å². The van der Waals surface area contributed by atoms with Crippen LogP contribution in [0.5, 0.6) is 11.5 Å². The summed E-state index contributed by atoms with van der Waals surface area (Å²) in [4.78, 5) is 65.3. The lowest BCUT2D eigenvalue weighted by Gasteiger charge is -2.41. The normalized spacial score (nSPS) is 26.4. The Hall–Kier alpha value is -4.27. The van der Waals surface area contributed by atoms with E-state index in [9.17, 15) is 29.1 Å². The summed E-state index contributed by atoms with van der Waals surface area (Å²) < 4.78 is 5.19. The Morgan fingerprint density at radius 1 is 1.15 bits per heavy atom. The number of ketones is 2. The van der Waals surface area contributed by atoms with E-state index in [1.165, 1.54) is 24.2 Å². The van der Waals surface area contributed by atoms with Crippen LogP contribution in [0.15, 0.2) is 58.7 Å². The minimum atomic E-state index is -0.994. The molecule has 9 nitrogen and oxygen atoms in total. The lowest BCUT2D eigenvalue weighted by Crippen LogP contribution is -2.40. The molecule has 0 unspecified atom stereocenters. The zero-order valence-corrected chi connectivity index (χ0v) is 21.7. The number of imide groups is 1. The maximum absolute atomic E-state index is 13.5. The molecule has 9 heteroatoms. The van der Waals surface area contributed by atoms with Gasteiger partial charge in [-0.15, -0.1) is 0 Å². The molecule has 0 aromatic heterocycles. The maximum atomic E-state index is 13.5. The standard InChI is InChI=1S/C30H29NO8/c1-15-12-23(33)26-18(7-5-16-6-10-22(32)24(13-16)39-2)17-8-9-19-27(20(17)14-21(26)28(15)36)30(38)31(29(19)37)11-3-4-25(34)35/h5-8,10,12-13,18-20,27,32H,3-4,9,11,14H2,1-2H3,(H,34,35)/t18-,19-,20+,27-/m0/s1. The second-order valence-corrected chi connectivity index (χ2v) is 10.4. The number of rotatable bonds is 7. The van der Waals surface area contributed by atoms with E-state index in [2.05, 4.69) is 0 Å². The summed E-state index contributed by atoms with van der Waals surface area (Å²) in [7, 11) is 1.44. The molecule has 1 saturated heterocycles. The molecule has 1 fully saturated rings. The van der Waals surface area contributed by atoms with Crippen molar-refractivity contribution in [1.29, 1.82) is 0 Å². The molecule has 3 aliphatic carbocycles. The fraction of sp³-hybridized carbons (Fsp3) is 0.367. The highest BCUT2D eigenvalue weighted by Gasteiger charge is 2.55. The molecule has 1 aliphatic heterocycles. The van der Waals surface area contributed by atoms with Crippen molar-refractivity contribution in [2.45, 2.75) is 32.6 Å². The number of benzene rings is 1. The fourth-order valence-electron chi connectivity index (χ4n) is 6.34. The quantitative estimate of drug-likeness (QED) is 0.311. The van der Waals surface area contributed by atoms with Gasteiger partial charge in [-0.25, -0.2) is 0 Å². The van der Waals surface area contributed by atoms with Gasteiger partial charge < -0.3 is 14.9 Å². The summed E-state index contributed by atoms with van der Waals surface area (Å²) in [6, 6.07) is 4.85. The first-order valence-corrected chi connectivity index (χ1v) is 12.9. The highest BCUT2D eigenvalue weighted by Crippen LogP contribution is 2.52. The smallest absolute Gasteiger partial charge is 0.303 e. The number of hydrogen-bond acceptors (Lipinski definition) is 7. The number of Topliss-reactive ketones (excluding diaryl/α,β-unsaturated/α-hetero) is 1. The molecule has 4 aliphatic rings. The largest absolute Gasteiger partial charge is 0.504 e. The third-order valence-electron chi connectivity index (χ3n) is 8.16. The topological polar surface area (TPSA) is 138 Å². The Morgan fingerprint density at radius 2 is 1.92 bits per heavy atom. The van der Waals surface area contributed by atoms with E-state index in [0.717, 1.165) is 5.57 Å². The molecule has 1 aromatic rings. The van der Waals surface area contributed by atoms with Gasteiger partial charge >= 0.3 is 5.97 Å². The number of amides is 2. The van der Waals surface area contributed by atoms with E-state index >= 15 is 0 Å². The van der Waals surface area contributed by atoms with E-state index in [0.29, 0.717) is 34.5 Å². The molecule has 2 amide bonds. The number of allylic oxidation sites excluding steroid dienone is 7. The highest BCUT2D eigenvalue weighted by atomic mass is 16.5. The lowest BCUT2D eigenvalue weighted by atomic mass is 9.60. The van der Waals surface area contributed by atoms with Crippen LogP contribution in [0.4, 0.5) is 0 Å². The van der Waals surface area contributed by atoms with Gasteiger partial charge in [0, 0.05) is 35.6 Å². The molecule has 202 valence electrons. The molecule has 0 radical (unpaired) electrons. The maximum Gasteiger partial charge on any atom is 0.303 e. The Bertz CT molecular complexity index is 1430. The van der Waals surface area contributed by atoms with E-state index in [-0.39, 0.29) is 54.9 Å². The monoisotopic (exact) mass is 531 g/mol. The number of hydrogen-bond donors (Lipinski definition) is 2. The number of ether oxygens (including phenoxy) is 1. The van der Waals surface area contributed by atoms with Gasteiger partial charge in [0.25, 0.3) is 0 Å². The van der Waals surface area contributed by atoms with Crippen LogP contribution in [0, 0.1) is 23.7 Å². The lowest BCUT2D eigenvalue weighted by molar-refractivity contribution is -0.142. The van der Waals surface area contributed by atoms with Crippen LogP contribution in [-0.2, 0) is 24.0 Å². The first kappa shape index (κ1) is 26.3. The Morgan fingerprint density at radius 3 is 2.64 bits per heavy atom. The molecule has 5 rings (SSSR count). The van der Waals surface area contributed by atoms with E-state index in [1.54, 1.807) is 25.1 Å². The third-order valence-corrected chi connectivity index (χ3v) is 8.16. The number of methoxy groups -OCH3 is 1. The number of carboxylic acids is 1. The van der Waals surface area contributed by atoms with E-state index in [1.807, 2.05) is 12.2 Å². The van der Waals surface area contributed by atoms with Gasteiger partial charge in [0.1, 0.15) is 0 Å². The summed E-state index contributed by atoms with van der Waals surface area (Å²) in [5.74, 6) is -4.09. The summed E-state index contributed by atoms with van der Waals surface area (Å²) >= 11 is 0. The summed E-state index contributed by atoms with van der Waals surface area (Å²) in [6.45, 7) is 1.64. The third kappa shape index (κ3) is 4.51. The molecule has 0 bridgehead atoms. The molecule has 4 atom stereocenters. The number of likely N-dealkylation sites (tertiary alicyclic amines) is 1. The van der Waals surface area contributed by atoms with Gasteiger partial charge in [0.15, 0.2) is 23.1 Å². The number of carbonyl (C=O) groups excluding carboxylic acids is 4. The molecular weight excluding hydrogens is 502 g/mol. The van der Waals surface area contributed by atoms with Crippen LogP contribution in [0.3, 0.4) is 0 Å². The van der Waals surface area contributed by atoms with Gasteiger partial charge in [-0.2, -0.15) is 0 Å². The Kier molecular flexibility index (Phi) is 6.84. The minimum Gasteiger partial charge on any atom is -0.504 e. The van der Waals surface area contributed by atoms with Crippen molar-refractivity contribution in [2.24, 2.45) is 23.7 Å². The molecule has 2 N–H and O–H groups in total. The fourth-order valence-corrected chi connectivity index (χ4v) is 6.34. The van der Waals surface area contributed by atoms with Crippen LogP contribution >= 0.6 is 0 Å². The van der Waals surface area contributed by atoms with E-state index in [4.69, 9.17) is 9.84 Å². The van der Waals surface area contributed by atoms with Gasteiger partial charge in [0.2, 0.25) is 11.8 Å².